The number of ether oxygens (including phenoxy) is 1. The molecule has 114 valence electrons. The van der Waals surface area contributed by atoms with Gasteiger partial charge in [0, 0.05) is 6.42 Å². The highest BCUT2D eigenvalue weighted by molar-refractivity contribution is 7.92. The molecular formula is C12H15F3O4S. The van der Waals surface area contributed by atoms with Crippen molar-refractivity contribution in [3.8, 4) is 5.75 Å². The molecule has 0 fully saturated rings. The van der Waals surface area contributed by atoms with Crippen LogP contribution in [0.3, 0.4) is 0 Å². The normalized spacial score (nSPS) is 13.3. The molecule has 0 heterocycles. The third kappa shape index (κ3) is 4.11. The lowest BCUT2D eigenvalue weighted by atomic mass is 10.1. The van der Waals surface area contributed by atoms with E-state index in [9.17, 15) is 26.7 Å². The molecule has 1 rings (SSSR count). The minimum Gasteiger partial charge on any atom is -0.492 e. The van der Waals surface area contributed by atoms with Gasteiger partial charge in [-0.1, -0.05) is 12.1 Å². The Morgan fingerprint density at radius 2 is 1.75 bits per heavy atom. The quantitative estimate of drug-likeness (QED) is 0.907. The van der Waals surface area contributed by atoms with Crippen molar-refractivity contribution in [3.63, 3.8) is 0 Å². The van der Waals surface area contributed by atoms with Crippen LogP contribution in [0.4, 0.5) is 13.2 Å². The van der Waals surface area contributed by atoms with Gasteiger partial charge in [0.05, 0.1) is 12.2 Å². The molecule has 8 heteroatoms. The van der Waals surface area contributed by atoms with E-state index in [0.717, 1.165) is 12.1 Å². The van der Waals surface area contributed by atoms with Crippen molar-refractivity contribution in [1.29, 1.82) is 0 Å². The third-order valence-electron chi connectivity index (χ3n) is 2.41. The Morgan fingerprint density at radius 3 is 2.25 bits per heavy atom. The smallest absolute Gasteiger partial charge is 0.492 e. The first-order valence-electron chi connectivity index (χ1n) is 5.71. The second kappa shape index (κ2) is 5.61. The molecule has 0 saturated heterocycles. The molecular weight excluding hydrogens is 297 g/mol. The van der Waals surface area contributed by atoms with Crippen LogP contribution >= 0.6 is 0 Å². The molecule has 0 aromatic heterocycles. The van der Waals surface area contributed by atoms with Crippen LogP contribution in [0.2, 0.25) is 0 Å². The minimum absolute atomic E-state index is 0.103. The van der Waals surface area contributed by atoms with E-state index in [1.807, 2.05) is 0 Å². The van der Waals surface area contributed by atoms with E-state index in [-0.39, 0.29) is 18.8 Å². The average molecular weight is 312 g/mol. The third-order valence-corrected chi connectivity index (χ3v) is 3.94. The Kier molecular flexibility index (Phi) is 4.70. The fraction of sp³-hybridized carbons (Fsp3) is 0.500. The summed E-state index contributed by atoms with van der Waals surface area (Å²) in [6.45, 7) is 2.91. The lowest BCUT2D eigenvalue weighted by molar-refractivity contribution is -0.0437. The zero-order valence-corrected chi connectivity index (χ0v) is 11.8. The molecule has 4 nitrogen and oxygen atoms in total. The van der Waals surface area contributed by atoms with Gasteiger partial charge in [-0.05, 0) is 26.0 Å². The number of halogens is 3. The second-order valence-electron chi connectivity index (χ2n) is 4.81. The van der Waals surface area contributed by atoms with Gasteiger partial charge in [0.15, 0.2) is 0 Å². The first-order valence-corrected chi connectivity index (χ1v) is 7.19. The summed E-state index contributed by atoms with van der Waals surface area (Å²) in [5, 5.41) is 9.48. The molecule has 0 radical (unpaired) electrons. The maximum atomic E-state index is 12.5. The Labute approximate surface area is 115 Å². The standard InChI is InChI=1S/C12H15F3O4S/c1-11(2,16)7-8-19-9-5-3-4-6-10(9)20(17,18)12(13,14)15/h3-6,16H,7-8H2,1-2H3. The van der Waals surface area contributed by atoms with Gasteiger partial charge in [0.25, 0.3) is 9.84 Å². The summed E-state index contributed by atoms with van der Waals surface area (Å²) in [6, 6.07) is 4.53. The molecule has 0 spiro atoms. The Balaban J connectivity index is 3.01. The van der Waals surface area contributed by atoms with Gasteiger partial charge >= 0.3 is 5.51 Å². The topological polar surface area (TPSA) is 63.6 Å². The van der Waals surface area contributed by atoms with Crippen LogP contribution in [0, 0.1) is 0 Å². The van der Waals surface area contributed by atoms with E-state index in [1.165, 1.54) is 26.0 Å². The van der Waals surface area contributed by atoms with Crippen LogP contribution in [0.25, 0.3) is 0 Å². The first-order chi connectivity index (χ1) is 8.95. The molecule has 1 aromatic carbocycles. The number of hydrogen-bond acceptors (Lipinski definition) is 4. The Morgan fingerprint density at radius 1 is 1.20 bits per heavy atom. The number of rotatable bonds is 5. The van der Waals surface area contributed by atoms with Crippen molar-refractivity contribution in [2.45, 2.75) is 36.3 Å². The highest BCUT2D eigenvalue weighted by Crippen LogP contribution is 2.35. The van der Waals surface area contributed by atoms with E-state index in [1.54, 1.807) is 0 Å². The van der Waals surface area contributed by atoms with Crippen LogP contribution < -0.4 is 4.74 Å². The van der Waals surface area contributed by atoms with E-state index >= 15 is 0 Å². The number of aliphatic hydroxyl groups is 1. The van der Waals surface area contributed by atoms with Crippen molar-refractivity contribution in [1.82, 2.24) is 0 Å². The van der Waals surface area contributed by atoms with Gasteiger partial charge in [-0.2, -0.15) is 13.2 Å². The highest BCUT2D eigenvalue weighted by atomic mass is 32.2. The van der Waals surface area contributed by atoms with Gasteiger partial charge < -0.3 is 9.84 Å². The van der Waals surface area contributed by atoms with Gasteiger partial charge in [0.1, 0.15) is 10.6 Å². The van der Waals surface area contributed by atoms with E-state index < -0.39 is 25.8 Å². The lowest BCUT2D eigenvalue weighted by Crippen LogP contribution is -2.25. The number of hydrogen-bond donors (Lipinski definition) is 1. The van der Waals surface area contributed by atoms with Crippen LogP contribution in [-0.2, 0) is 9.84 Å². The zero-order chi connectivity index (χ0) is 15.6. The van der Waals surface area contributed by atoms with Crippen molar-refractivity contribution >= 4 is 9.84 Å². The Hall–Kier alpha value is -1.28. The summed E-state index contributed by atoms with van der Waals surface area (Å²) in [6.07, 6.45) is 0.146. The lowest BCUT2D eigenvalue weighted by Gasteiger charge is -2.18. The first kappa shape index (κ1) is 16.8. The molecule has 0 unspecified atom stereocenters. The van der Waals surface area contributed by atoms with E-state index in [0.29, 0.717) is 0 Å². The van der Waals surface area contributed by atoms with Crippen LogP contribution in [-0.4, -0.2) is 31.2 Å². The number of sulfone groups is 1. The molecule has 0 saturated carbocycles. The monoisotopic (exact) mass is 312 g/mol. The molecule has 0 aliphatic rings. The molecule has 0 aliphatic carbocycles. The summed E-state index contributed by atoms with van der Waals surface area (Å²) >= 11 is 0. The molecule has 20 heavy (non-hydrogen) atoms. The van der Waals surface area contributed by atoms with Crippen molar-refractivity contribution in [3.05, 3.63) is 24.3 Å². The van der Waals surface area contributed by atoms with Crippen LogP contribution in [0.5, 0.6) is 5.75 Å². The van der Waals surface area contributed by atoms with Crippen molar-refractivity contribution in [2.75, 3.05) is 6.61 Å². The number of para-hydroxylation sites is 1. The fourth-order valence-electron chi connectivity index (χ4n) is 1.33. The molecule has 0 bridgehead atoms. The largest absolute Gasteiger partial charge is 0.502 e. The molecule has 0 amide bonds. The number of alkyl halides is 3. The van der Waals surface area contributed by atoms with Crippen molar-refractivity contribution < 1.29 is 31.4 Å². The predicted molar refractivity (Wildman–Crippen MR) is 66.1 cm³/mol. The van der Waals surface area contributed by atoms with Crippen LogP contribution in [0.15, 0.2) is 29.2 Å². The van der Waals surface area contributed by atoms with E-state index in [2.05, 4.69) is 0 Å². The summed E-state index contributed by atoms with van der Waals surface area (Å²) in [5.74, 6) is -0.380. The Bertz CT molecular complexity index is 559. The van der Waals surface area contributed by atoms with Crippen molar-refractivity contribution in [2.24, 2.45) is 0 Å². The summed E-state index contributed by atoms with van der Waals surface area (Å²) in [7, 11) is -5.46. The zero-order valence-electron chi connectivity index (χ0n) is 10.9. The molecule has 1 N–H and O–H groups in total. The highest BCUT2D eigenvalue weighted by Gasteiger charge is 2.48. The van der Waals surface area contributed by atoms with Gasteiger partial charge in [-0.25, -0.2) is 8.42 Å². The van der Waals surface area contributed by atoms with Gasteiger partial charge in [-0.15, -0.1) is 0 Å². The fourth-order valence-corrected chi connectivity index (χ4v) is 2.23. The SMILES string of the molecule is CC(C)(O)CCOc1ccccc1S(=O)(=O)C(F)(F)F. The second-order valence-corrected chi connectivity index (χ2v) is 6.72. The molecule has 0 aliphatic heterocycles. The molecule has 0 atom stereocenters. The predicted octanol–water partition coefficient (Wildman–Crippen LogP) is 2.52. The summed E-state index contributed by atoms with van der Waals surface area (Å²) < 4.78 is 65.4. The average Bonchev–Trinajstić information content (AvgIpc) is 2.26. The molecule has 1 aromatic rings. The summed E-state index contributed by atoms with van der Waals surface area (Å²) in [5.41, 5.74) is -6.44. The van der Waals surface area contributed by atoms with Gasteiger partial charge in [0.2, 0.25) is 0 Å². The maximum Gasteiger partial charge on any atom is 0.502 e. The van der Waals surface area contributed by atoms with Gasteiger partial charge in [-0.3, -0.25) is 0 Å². The maximum absolute atomic E-state index is 12.5. The minimum atomic E-state index is -5.46. The number of benzene rings is 1. The van der Waals surface area contributed by atoms with Crippen LogP contribution in [0.1, 0.15) is 20.3 Å². The van der Waals surface area contributed by atoms with E-state index in [4.69, 9.17) is 4.74 Å². The summed E-state index contributed by atoms with van der Waals surface area (Å²) in [4.78, 5) is -0.928.